The molecule has 2 heterocycles. The van der Waals surface area contributed by atoms with Crippen molar-refractivity contribution in [3.8, 4) is 0 Å². The van der Waals surface area contributed by atoms with Gasteiger partial charge in [-0.05, 0) is 43.7 Å². The minimum absolute atomic E-state index is 0.139. The Hall–Kier alpha value is -3.02. The lowest BCUT2D eigenvalue weighted by Gasteiger charge is -2.51. The topological polar surface area (TPSA) is 75.6 Å². The number of anilines is 1. The molecule has 4 atom stereocenters. The quantitative estimate of drug-likeness (QED) is 0.449. The number of aliphatic hydroxyl groups is 1. The Bertz CT molecular complexity index is 1330. The molecule has 2 aliphatic heterocycles. The van der Waals surface area contributed by atoms with Gasteiger partial charge in [0.25, 0.3) is 0 Å². The van der Waals surface area contributed by atoms with Crippen molar-refractivity contribution in [1.29, 1.82) is 0 Å². The molecule has 0 saturated carbocycles. The fraction of sp³-hybridized carbons (Fsp3) is 0.308. The number of hydrogen-bond donors (Lipinski definition) is 2. The molecule has 1 saturated heterocycles. The summed E-state index contributed by atoms with van der Waals surface area (Å²) >= 11 is 0. The smallest absolute Gasteiger partial charge is 0.196 e. The standard InChI is InChI=1S/C26H23NO4/c1-12-4-6-15-14(10-12)5-7-17-20(15)23(28)18-9-8-16-19-11-26(3,25(30)13(2)31-19)27-22(16)21(18)24(17)29/h4-10,13,19,25,27,30H,11H2,1-3H3/t13-,19-,25-,26+/m1/s1. The summed E-state index contributed by atoms with van der Waals surface area (Å²) < 4.78 is 6.07. The lowest BCUT2D eigenvalue weighted by molar-refractivity contribution is -0.142. The summed E-state index contributed by atoms with van der Waals surface area (Å²) in [5.74, 6) is -0.304. The average molecular weight is 413 g/mol. The molecule has 1 aliphatic carbocycles. The van der Waals surface area contributed by atoms with Crippen molar-refractivity contribution in [3.63, 3.8) is 0 Å². The van der Waals surface area contributed by atoms with Crippen LogP contribution in [0.5, 0.6) is 0 Å². The van der Waals surface area contributed by atoms with Crippen molar-refractivity contribution in [2.75, 3.05) is 5.32 Å². The summed E-state index contributed by atoms with van der Waals surface area (Å²) in [6.07, 6.45) is -0.670. The minimum atomic E-state index is -0.721. The van der Waals surface area contributed by atoms with Crippen molar-refractivity contribution in [2.45, 2.75) is 51.0 Å². The van der Waals surface area contributed by atoms with E-state index in [2.05, 4.69) is 5.32 Å². The molecule has 1 fully saturated rings. The van der Waals surface area contributed by atoms with E-state index in [0.29, 0.717) is 34.4 Å². The summed E-state index contributed by atoms with van der Waals surface area (Å²) in [5.41, 5.74) is 3.67. The molecule has 2 bridgehead atoms. The molecular formula is C26H23NO4. The van der Waals surface area contributed by atoms with Gasteiger partial charge in [0.05, 0.1) is 29.0 Å². The number of ether oxygens (including phenoxy) is 1. The maximum absolute atomic E-state index is 13.7. The molecule has 0 amide bonds. The third-order valence-electron chi connectivity index (χ3n) is 7.20. The molecule has 3 aromatic carbocycles. The monoisotopic (exact) mass is 413 g/mol. The van der Waals surface area contributed by atoms with Crippen LogP contribution in [-0.2, 0) is 4.74 Å². The fourth-order valence-corrected chi connectivity index (χ4v) is 5.60. The van der Waals surface area contributed by atoms with E-state index in [1.807, 2.05) is 51.1 Å². The second-order valence-corrected chi connectivity index (χ2v) is 9.34. The van der Waals surface area contributed by atoms with Crippen molar-refractivity contribution >= 4 is 28.0 Å². The third kappa shape index (κ3) is 2.39. The molecule has 3 aromatic rings. The number of nitrogens with one attached hydrogen (secondary N) is 1. The molecular weight excluding hydrogens is 390 g/mol. The highest BCUT2D eigenvalue weighted by atomic mass is 16.5. The Balaban J connectivity index is 1.59. The molecule has 0 spiro atoms. The average Bonchev–Trinajstić information content (AvgIpc) is 2.74. The van der Waals surface area contributed by atoms with Crippen molar-refractivity contribution in [1.82, 2.24) is 0 Å². The largest absolute Gasteiger partial charge is 0.388 e. The van der Waals surface area contributed by atoms with Gasteiger partial charge in [0.1, 0.15) is 6.10 Å². The molecule has 3 aliphatic rings. The first-order chi connectivity index (χ1) is 14.8. The van der Waals surface area contributed by atoms with Gasteiger partial charge >= 0.3 is 0 Å². The van der Waals surface area contributed by atoms with E-state index in [1.54, 1.807) is 12.1 Å². The number of carbonyl (C=O) groups excluding carboxylic acids is 2. The first-order valence-corrected chi connectivity index (χ1v) is 10.7. The zero-order valence-corrected chi connectivity index (χ0v) is 17.7. The SMILES string of the molecule is Cc1ccc2c3c(ccc2c1)C(=O)c1c(ccc2c1N[C@@]1(C)C[C@H]2O[C@H](C)[C@H]1O)C3=O. The Labute approximate surface area is 180 Å². The highest BCUT2D eigenvalue weighted by molar-refractivity contribution is 6.33. The summed E-state index contributed by atoms with van der Waals surface area (Å²) in [7, 11) is 0. The Morgan fingerprint density at radius 2 is 1.74 bits per heavy atom. The number of rotatable bonds is 0. The predicted molar refractivity (Wildman–Crippen MR) is 118 cm³/mol. The highest BCUT2D eigenvalue weighted by Gasteiger charge is 2.50. The number of aryl methyl sites for hydroxylation is 1. The molecule has 5 nitrogen and oxygen atoms in total. The van der Waals surface area contributed by atoms with Gasteiger partial charge in [-0.15, -0.1) is 0 Å². The first-order valence-electron chi connectivity index (χ1n) is 10.7. The fourth-order valence-electron chi connectivity index (χ4n) is 5.60. The molecule has 0 unspecified atom stereocenters. The van der Waals surface area contributed by atoms with Crippen molar-refractivity contribution in [3.05, 3.63) is 75.8 Å². The second-order valence-electron chi connectivity index (χ2n) is 9.34. The van der Waals surface area contributed by atoms with Crippen LogP contribution >= 0.6 is 0 Å². The number of ketones is 2. The van der Waals surface area contributed by atoms with Gasteiger partial charge in [-0.25, -0.2) is 0 Å². The van der Waals surface area contributed by atoms with Crippen LogP contribution in [0.25, 0.3) is 10.8 Å². The van der Waals surface area contributed by atoms with E-state index in [-0.39, 0.29) is 23.8 Å². The zero-order chi connectivity index (χ0) is 21.7. The second kappa shape index (κ2) is 6.02. The van der Waals surface area contributed by atoms with Crippen LogP contribution in [0.4, 0.5) is 5.69 Å². The lowest BCUT2D eigenvalue weighted by Crippen LogP contribution is -2.59. The van der Waals surface area contributed by atoms with Crippen LogP contribution in [0, 0.1) is 6.92 Å². The van der Waals surface area contributed by atoms with E-state index in [4.69, 9.17) is 4.74 Å². The molecule has 5 heteroatoms. The Morgan fingerprint density at radius 3 is 2.55 bits per heavy atom. The van der Waals surface area contributed by atoms with Crippen LogP contribution in [0.15, 0.2) is 42.5 Å². The molecule has 6 rings (SSSR count). The van der Waals surface area contributed by atoms with Crippen LogP contribution < -0.4 is 5.32 Å². The normalized spacial score (nSPS) is 28.6. The van der Waals surface area contributed by atoms with Crippen LogP contribution in [-0.4, -0.2) is 34.4 Å². The van der Waals surface area contributed by atoms with Gasteiger partial charge in [-0.1, -0.05) is 35.9 Å². The van der Waals surface area contributed by atoms with E-state index in [9.17, 15) is 14.7 Å². The number of benzene rings is 3. The summed E-state index contributed by atoms with van der Waals surface area (Å²) in [5, 5.41) is 15.9. The van der Waals surface area contributed by atoms with E-state index >= 15 is 0 Å². The third-order valence-corrected chi connectivity index (χ3v) is 7.20. The lowest BCUT2D eigenvalue weighted by atomic mass is 9.73. The highest BCUT2D eigenvalue weighted by Crippen LogP contribution is 2.49. The number of carbonyl (C=O) groups is 2. The Morgan fingerprint density at radius 1 is 1.03 bits per heavy atom. The van der Waals surface area contributed by atoms with Crippen LogP contribution in [0.1, 0.15) is 69.3 Å². The number of hydrogen-bond acceptors (Lipinski definition) is 5. The molecule has 0 aromatic heterocycles. The van der Waals surface area contributed by atoms with Gasteiger partial charge in [-0.2, -0.15) is 0 Å². The van der Waals surface area contributed by atoms with Gasteiger partial charge in [0.2, 0.25) is 0 Å². The molecule has 0 radical (unpaired) electrons. The molecule has 2 N–H and O–H groups in total. The summed E-state index contributed by atoms with van der Waals surface area (Å²) in [4.78, 5) is 27.3. The van der Waals surface area contributed by atoms with Gasteiger partial charge in [-0.3, -0.25) is 9.59 Å². The number of aliphatic hydroxyl groups excluding tert-OH is 1. The summed E-state index contributed by atoms with van der Waals surface area (Å²) in [6, 6.07) is 13.2. The van der Waals surface area contributed by atoms with Crippen molar-refractivity contribution < 1.29 is 19.4 Å². The Kier molecular flexibility index (Phi) is 3.64. The van der Waals surface area contributed by atoms with Crippen LogP contribution in [0.3, 0.4) is 0 Å². The number of fused-ring (bicyclic) bond motifs is 9. The van der Waals surface area contributed by atoms with E-state index < -0.39 is 11.6 Å². The zero-order valence-electron chi connectivity index (χ0n) is 17.7. The van der Waals surface area contributed by atoms with Crippen LogP contribution in [0.2, 0.25) is 0 Å². The minimum Gasteiger partial charge on any atom is -0.388 e. The summed E-state index contributed by atoms with van der Waals surface area (Å²) in [6.45, 7) is 5.82. The molecule has 31 heavy (non-hydrogen) atoms. The predicted octanol–water partition coefficient (Wildman–Crippen LogP) is 4.32. The maximum atomic E-state index is 13.7. The van der Waals surface area contributed by atoms with Gasteiger partial charge < -0.3 is 15.2 Å². The maximum Gasteiger partial charge on any atom is 0.196 e. The first kappa shape index (κ1) is 18.7. The van der Waals surface area contributed by atoms with Gasteiger partial charge in [0.15, 0.2) is 11.6 Å². The molecule has 156 valence electrons. The van der Waals surface area contributed by atoms with Gasteiger partial charge in [0, 0.05) is 28.7 Å². The van der Waals surface area contributed by atoms with Crippen molar-refractivity contribution in [2.24, 2.45) is 0 Å². The van der Waals surface area contributed by atoms with E-state index in [1.165, 1.54) is 0 Å². The van der Waals surface area contributed by atoms with E-state index in [0.717, 1.165) is 21.9 Å².